The lowest BCUT2D eigenvalue weighted by Gasteiger charge is -2.41. The quantitative estimate of drug-likeness (QED) is 0.215. The summed E-state index contributed by atoms with van der Waals surface area (Å²) in [7, 11) is 0. The van der Waals surface area contributed by atoms with Crippen LogP contribution in [0.2, 0.25) is 0 Å². The summed E-state index contributed by atoms with van der Waals surface area (Å²) in [5.41, 5.74) is 1.77. The van der Waals surface area contributed by atoms with Gasteiger partial charge in [-0.25, -0.2) is 0 Å². The third-order valence-electron chi connectivity index (χ3n) is 8.01. The Morgan fingerprint density at radius 2 is 1.79 bits per heavy atom. The van der Waals surface area contributed by atoms with Crippen LogP contribution in [0.25, 0.3) is 0 Å². The van der Waals surface area contributed by atoms with Gasteiger partial charge < -0.3 is 9.52 Å². The molecule has 0 unspecified atom stereocenters. The second kappa shape index (κ2) is 8.56. The van der Waals surface area contributed by atoms with Gasteiger partial charge in [-0.05, 0) is 56.0 Å². The highest BCUT2D eigenvalue weighted by molar-refractivity contribution is 6.25. The zero-order valence-electron chi connectivity index (χ0n) is 20.2. The molecule has 1 aromatic heterocycles. The number of nitro groups is 1. The van der Waals surface area contributed by atoms with Crippen LogP contribution in [0.3, 0.4) is 0 Å². The second-order valence-corrected chi connectivity index (χ2v) is 9.98. The highest BCUT2D eigenvalue weighted by atomic mass is 16.6. The van der Waals surface area contributed by atoms with Gasteiger partial charge in [-0.2, -0.15) is 0 Å². The number of Topliss-reactive ketones (excluding diaryl/α,β-unsaturated/α-hetero) is 1. The number of nitro benzene ring substituents is 1. The number of nitrogens with zero attached hydrogens (tertiary/aromatic N) is 2. The lowest BCUT2D eigenvalue weighted by atomic mass is 9.60. The molecule has 1 aromatic carbocycles. The number of ketones is 2. The fourth-order valence-corrected chi connectivity index (χ4v) is 6.30. The van der Waals surface area contributed by atoms with E-state index in [1.54, 1.807) is 19.1 Å². The molecule has 3 aliphatic carbocycles. The van der Waals surface area contributed by atoms with Crippen molar-refractivity contribution >= 4 is 34.8 Å². The van der Waals surface area contributed by atoms with Crippen LogP contribution in [0.15, 0.2) is 75.3 Å². The van der Waals surface area contributed by atoms with E-state index in [9.17, 15) is 34.4 Å². The van der Waals surface area contributed by atoms with E-state index in [4.69, 9.17) is 4.42 Å². The van der Waals surface area contributed by atoms with Gasteiger partial charge >= 0.3 is 0 Å². The minimum Gasteiger partial charge on any atom is -0.463 e. The van der Waals surface area contributed by atoms with Crippen molar-refractivity contribution in [1.82, 2.24) is 0 Å². The van der Waals surface area contributed by atoms with Crippen molar-refractivity contribution in [3.05, 3.63) is 92.5 Å². The first-order valence-electron chi connectivity index (χ1n) is 12.2. The molecular weight excluding hydrogens is 492 g/mol. The molecule has 1 fully saturated rings. The number of hydrogen-bond donors (Lipinski definition) is 1. The van der Waals surface area contributed by atoms with Gasteiger partial charge in [-0.3, -0.25) is 34.2 Å². The molecule has 2 heterocycles. The maximum absolute atomic E-state index is 13.8. The second-order valence-electron chi connectivity index (χ2n) is 9.98. The number of anilines is 1. The van der Waals surface area contributed by atoms with E-state index in [-0.39, 0.29) is 42.4 Å². The van der Waals surface area contributed by atoms with Crippen molar-refractivity contribution in [1.29, 1.82) is 0 Å². The largest absolute Gasteiger partial charge is 0.463 e. The molecule has 0 bridgehead atoms. The number of furan rings is 1. The Balaban J connectivity index is 1.44. The SMILES string of the molecule is CC1=CC(=O)C2=C(C1=O)[C@@H](c1ccc(CO)o1)C1=CC[C@@H]3C(=O)N(c4ccc([N+](=O)[O-])cc4)C(=O)[C@@H]3[C@@H]1C2. The zero-order chi connectivity index (χ0) is 26.9. The van der Waals surface area contributed by atoms with Crippen molar-refractivity contribution < 1.29 is 33.6 Å². The maximum Gasteiger partial charge on any atom is 0.269 e. The summed E-state index contributed by atoms with van der Waals surface area (Å²) in [6.45, 7) is 1.25. The summed E-state index contributed by atoms with van der Waals surface area (Å²) >= 11 is 0. The predicted octanol–water partition coefficient (Wildman–Crippen LogP) is 3.31. The van der Waals surface area contributed by atoms with Crippen LogP contribution < -0.4 is 4.90 Å². The summed E-state index contributed by atoms with van der Waals surface area (Å²) in [6, 6.07) is 8.49. The highest BCUT2D eigenvalue weighted by Crippen LogP contribution is 2.55. The van der Waals surface area contributed by atoms with Crippen molar-refractivity contribution in [2.45, 2.75) is 32.3 Å². The fraction of sp³-hybridized carbons (Fsp3) is 0.286. The number of amides is 2. The minimum atomic E-state index is -0.767. The molecule has 0 saturated carbocycles. The van der Waals surface area contributed by atoms with Gasteiger partial charge in [0.15, 0.2) is 11.6 Å². The number of hydrogen-bond acceptors (Lipinski definition) is 8. The molecule has 4 atom stereocenters. The molecule has 6 rings (SSSR count). The van der Waals surface area contributed by atoms with Crippen molar-refractivity contribution in [2.24, 2.45) is 17.8 Å². The predicted molar refractivity (Wildman–Crippen MR) is 132 cm³/mol. The molecule has 2 amide bonds. The zero-order valence-corrected chi connectivity index (χ0v) is 20.2. The lowest BCUT2D eigenvalue weighted by molar-refractivity contribution is -0.384. The van der Waals surface area contributed by atoms with Gasteiger partial charge in [0.05, 0.1) is 28.4 Å². The molecule has 4 aliphatic rings. The van der Waals surface area contributed by atoms with E-state index in [0.29, 0.717) is 28.2 Å². The number of benzene rings is 1. The Hall–Kier alpha value is -4.44. The number of rotatable bonds is 4. The van der Waals surface area contributed by atoms with E-state index >= 15 is 0 Å². The summed E-state index contributed by atoms with van der Waals surface area (Å²) in [6.07, 6.45) is 3.57. The summed E-state index contributed by atoms with van der Waals surface area (Å²) in [5.74, 6) is -3.40. The standard InChI is InChI=1S/C28H22N2O8/c1-13-10-21(32)20-11-19-17(24(25(20)26(13)33)22-9-6-16(12-31)38-22)7-8-18-23(19)28(35)29(27(18)34)14-2-4-15(5-3-14)30(36)37/h2-7,9-10,18-19,23-24,31H,8,11-12H2,1H3/t18-,19+,23-,24+/m0/s1. The number of carbonyl (C=O) groups excluding carboxylic acids is 4. The summed E-state index contributed by atoms with van der Waals surface area (Å²) < 4.78 is 5.84. The van der Waals surface area contributed by atoms with E-state index < -0.39 is 40.4 Å². The molecule has 1 aliphatic heterocycles. The molecule has 1 N–H and O–H groups in total. The molecule has 10 heteroatoms. The maximum atomic E-state index is 13.8. The Labute approximate surface area is 216 Å². The average molecular weight is 514 g/mol. The number of aliphatic hydroxyl groups excluding tert-OH is 1. The van der Waals surface area contributed by atoms with Gasteiger partial charge in [-0.15, -0.1) is 0 Å². The number of aliphatic hydroxyl groups is 1. The van der Waals surface area contributed by atoms with Gasteiger partial charge in [0.2, 0.25) is 11.8 Å². The summed E-state index contributed by atoms with van der Waals surface area (Å²) in [5, 5.41) is 20.6. The Kier molecular flexibility index (Phi) is 5.39. The number of non-ortho nitro benzene ring substituents is 1. The Morgan fingerprint density at radius 3 is 2.45 bits per heavy atom. The van der Waals surface area contributed by atoms with Crippen molar-refractivity contribution in [2.75, 3.05) is 4.90 Å². The van der Waals surface area contributed by atoms with Crippen molar-refractivity contribution in [3.8, 4) is 0 Å². The van der Waals surface area contributed by atoms with Gasteiger partial charge in [0.1, 0.15) is 18.1 Å². The molecule has 38 heavy (non-hydrogen) atoms. The van der Waals surface area contributed by atoms with E-state index in [1.165, 1.54) is 30.3 Å². The van der Waals surface area contributed by atoms with E-state index in [2.05, 4.69) is 0 Å². The first kappa shape index (κ1) is 23.9. The van der Waals surface area contributed by atoms with Crippen LogP contribution in [-0.2, 0) is 25.8 Å². The number of carbonyl (C=O) groups is 4. The van der Waals surface area contributed by atoms with Crippen LogP contribution in [-0.4, -0.2) is 33.4 Å². The molecule has 0 spiro atoms. The molecule has 0 radical (unpaired) electrons. The number of imide groups is 1. The first-order valence-corrected chi connectivity index (χ1v) is 12.2. The smallest absolute Gasteiger partial charge is 0.269 e. The van der Waals surface area contributed by atoms with Crippen LogP contribution in [0.4, 0.5) is 11.4 Å². The van der Waals surface area contributed by atoms with Gasteiger partial charge in [0, 0.05) is 28.9 Å². The molecule has 10 nitrogen and oxygen atoms in total. The Morgan fingerprint density at radius 1 is 1.05 bits per heavy atom. The number of allylic oxidation sites excluding steroid dienone is 6. The van der Waals surface area contributed by atoms with E-state index in [0.717, 1.165) is 10.5 Å². The van der Waals surface area contributed by atoms with Gasteiger partial charge in [0.25, 0.3) is 5.69 Å². The minimum absolute atomic E-state index is 0.133. The third kappa shape index (κ3) is 3.37. The van der Waals surface area contributed by atoms with Crippen LogP contribution in [0, 0.1) is 27.9 Å². The monoisotopic (exact) mass is 514 g/mol. The van der Waals surface area contributed by atoms with Crippen LogP contribution >= 0.6 is 0 Å². The highest BCUT2D eigenvalue weighted by Gasteiger charge is 2.57. The first-order chi connectivity index (χ1) is 18.2. The van der Waals surface area contributed by atoms with Crippen molar-refractivity contribution in [3.63, 3.8) is 0 Å². The van der Waals surface area contributed by atoms with Crippen LogP contribution in [0.1, 0.15) is 37.2 Å². The molecule has 2 aromatic rings. The average Bonchev–Trinajstić information content (AvgIpc) is 3.48. The molecular formula is C28H22N2O8. The van der Waals surface area contributed by atoms with Crippen LogP contribution in [0.5, 0.6) is 0 Å². The van der Waals surface area contributed by atoms with E-state index in [1.807, 2.05) is 6.08 Å². The van der Waals surface area contributed by atoms with Gasteiger partial charge in [-0.1, -0.05) is 11.6 Å². The third-order valence-corrected chi connectivity index (χ3v) is 8.01. The number of fused-ring (bicyclic) bond motifs is 3. The topological polar surface area (TPSA) is 148 Å². The lowest BCUT2D eigenvalue weighted by Crippen LogP contribution is -2.39. The molecule has 1 saturated heterocycles. The normalized spacial score (nSPS) is 26.6. The Bertz CT molecular complexity index is 1540. The summed E-state index contributed by atoms with van der Waals surface area (Å²) in [4.78, 5) is 65.2. The molecule has 192 valence electrons. The fourth-order valence-electron chi connectivity index (χ4n) is 6.30.